The van der Waals surface area contributed by atoms with Crippen molar-refractivity contribution in [2.75, 3.05) is 13.7 Å². The Balaban J connectivity index is 2.23. The molecule has 17 heavy (non-hydrogen) atoms. The molecule has 2 fully saturated rings. The molecule has 4 amide bonds. The molecule has 0 aromatic heterocycles. The highest BCUT2D eigenvalue weighted by atomic mass is 16.5. The second-order valence-corrected chi connectivity index (χ2v) is 4.53. The van der Waals surface area contributed by atoms with E-state index < -0.39 is 17.4 Å². The van der Waals surface area contributed by atoms with Crippen LogP contribution in [0.2, 0.25) is 0 Å². The number of methoxy groups -OCH3 is 1. The van der Waals surface area contributed by atoms with Gasteiger partial charge < -0.3 is 4.74 Å². The van der Waals surface area contributed by atoms with Gasteiger partial charge in [-0.25, -0.2) is 4.79 Å². The van der Waals surface area contributed by atoms with Crippen molar-refractivity contribution in [1.29, 1.82) is 0 Å². The number of ether oxygens (including phenoxy) is 1. The van der Waals surface area contributed by atoms with Crippen LogP contribution in [0.15, 0.2) is 0 Å². The lowest BCUT2D eigenvalue weighted by molar-refractivity contribution is -0.146. The molecule has 6 nitrogen and oxygen atoms in total. The average molecular weight is 240 g/mol. The minimum absolute atomic E-state index is 0.292. The standard InChI is InChI=1S/C11H16N2O4/c1-3-7(6-17-2)13-9(15)11(4-5-11)8(14)12-10(13)16/h7H,3-6H2,1-2H3,(H,12,14,16). The molecule has 1 aliphatic heterocycles. The molecule has 1 spiro atoms. The van der Waals surface area contributed by atoms with Crippen molar-refractivity contribution in [3.63, 3.8) is 0 Å². The molecule has 0 aromatic carbocycles. The Bertz CT molecular complexity index is 376. The summed E-state index contributed by atoms with van der Waals surface area (Å²) in [6.07, 6.45) is 1.67. The highest BCUT2D eigenvalue weighted by Gasteiger charge is 2.62. The molecule has 0 bridgehead atoms. The van der Waals surface area contributed by atoms with Crippen molar-refractivity contribution >= 4 is 17.8 Å². The van der Waals surface area contributed by atoms with Crippen LogP contribution in [-0.2, 0) is 14.3 Å². The predicted molar refractivity (Wildman–Crippen MR) is 58.0 cm³/mol. The van der Waals surface area contributed by atoms with Crippen LogP contribution in [0.25, 0.3) is 0 Å². The van der Waals surface area contributed by atoms with Crippen molar-refractivity contribution in [3.8, 4) is 0 Å². The quantitative estimate of drug-likeness (QED) is 0.716. The molecule has 1 saturated heterocycles. The van der Waals surface area contributed by atoms with E-state index in [0.29, 0.717) is 25.9 Å². The molecule has 0 radical (unpaired) electrons. The maximum Gasteiger partial charge on any atom is 0.331 e. The summed E-state index contributed by atoms with van der Waals surface area (Å²) >= 11 is 0. The molecule has 94 valence electrons. The molecule has 1 aliphatic carbocycles. The first-order chi connectivity index (χ1) is 8.06. The number of urea groups is 1. The molecule has 1 unspecified atom stereocenters. The summed E-state index contributed by atoms with van der Waals surface area (Å²) in [5, 5.41) is 2.26. The van der Waals surface area contributed by atoms with Gasteiger partial charge in [0.2, 0.25) is 11.8 Å². The lowest BCUT2D eigenvalue weighted by Gasteiger charge is -2.35. The summed E-state index contributed by atoms with van der Waals surface area (Å²) in [5.41, 5.74) is -0.963. The first-order valence-electron chi connectivity index (χ1n) is 5.75. The zero-order valence-corrected chi connectivity index (χ0v) is 9.99. The third kappa shape index (κ3) is 1.72. The average Bonchev–Trinajstić information content (AvgIpc) is 3.07. The molecule has 6 heteroatoms. The Morgan fingerprint density at radius 1 is 1.41 bits per heavy atom. The molecular weight excluding hydrogens is 224 g/mol. The lowest BCUT2D eigenvalue weighted by atomic mass is 10.00. The van der Waals surface area contributed by atoms with E-state index >= 15 is 0 Å². The number of amides is 4. The monoisotopic (exact) mass is 240 g/mol. The zero-order valence-electron chi connectivity index (χ0n) is 9.99. The largest absolute Gasteiger partial charge is 0.383 e. The summed E-state index contributed by atoms with van der Waals surface area (Å²) in [6.45, 7) is 2.17. The van der Waals surface area contributed by atoms with Gasteiger partial charge >= 0.3 is 6.03 Å². The van der Waals surface area contributed by atoms with Crippen LogP contribution in [0.4, 0.5) is 4.79 Å². The van der Waals surface area contributed by atoms with Crippen LogP contribution >= 0.6 is 0 Å². The molecule has 0 aromatic rings. The number of barbiturate groups is 1. The van der Waals surface area contributed by atoms with Crippen LogP contribution in [0, 0.1) is 5.41 Å². The molecule has 2 rings (SSSR count). The number of hydrogen-bond acceptors (Lipinski definition) is 4. The molecule has 1 heterocycles. The van der Waals surface area contributed by atoms with E-state index in [4.69, 9.17) is 4.74 Å². The minimum atomic E-state index is -0.963. The van der Waals surface area contributed by atoms with E-state index in [0.717, 1.165) is 4.90 Å². The second-order valence-electron chi connectivity index (χ2n) is 4.53. The van der Waals surface area contributed by atoms with Crippen LogP contribution in [0.1, 0.15) is 26.2 Å². The van der Waals surface area contributed by atoms with Crippen LogP contribution < -0.4 is 5.32 Å². The first-order valence-corrected chi connectivity index (χ1v) is 5.75. The SMILES string of the molecule is CCC(COC)N1C(=O)NC(=O)C2(CC2)C1=O. The number of carbonyl (C=O) groups is 3. The number of carbonyl (C=O) groups excluding carboxylic acids is 3. The zero-order chi connectivity index (χ0) is 12.6. The maximum absolute atomic E-state index is 12.2. The molecule has 1 atom stereocenters. The van der Waals surface area contributed by atoms with Gasteiger partial charge in [0.15, 0.2) is 0 Å². The fourth-order valence-corrected chi connectivity index (χ4v) is 2.16. The fourth-order valence-electron chi connectivity index (χ4n) is 2.16. The smallest absolute Gasteiger partial charge is 0.331 e. The van der Waals surface area contributed by atoms with Gasteiger partial charge in [-0.15, -0.1) is 0 Å². The number of nitrogens with zero attached hydrogens (tertiary/aromatic N) is 1. The number of rotatable bonds is 4. The van der Waals surface area contributed by atoms with Crippen LogP contribution in [0.3, 0.4) is 0 Å². The van der Waals surface area contributed by atoms with E-state index in [1.807, 2.05) is 6.92 Å². The Labute approximate surface area is 99.3 Å². The van der Waals surface area contributed by atoms with Gasteiger partial charge in [-0.3, -0.25) is 19.8 Å². The highest BCUT2D eigenvalue weighted by molar-refractivity contribution is 6.21. The molecule has 2 aliphatic rings. The highest BCUT2D eigenvalue weighted by Crippen LogP contribution is 2.49. The van der Waals surface area contributed by atoms with Crippen molar-refractivity contribution < 1.29 is 19.1 Å². The van der Waals surface area contributed by atoms with Gasteiger partial charge in [0.25, 0.3) is 0 Å². The fraction of sp³-hybridized carbons (Fsp3) is 0.727. The number of imide groups is 2. The Morgan fingerprint density at radius 2 is 2.06 bits per heavy atom. The van der Waals surface area contributed by atoms with E-state index in [-0.39, 0.29) is 11.9 Å². The predicted octanol–water partition coefficient (Wildman–Crippen LogP) is 0.270. The van der Waals surface area contributed by atoms with Gasteiger partial charge in [0.1, 0.15) is 5.41 Å². The van der Waals surface area contributed by atoms with Crippen molar-refractivity contribution in [2.45, 2.75) is 32.2 Å². The van der Waals surface area contributed by atoms with Crippen molar-refractivity contribution in [2.24, 2.45) is 5.41 Å². The van der Waals surface area contributed by atoms with Gasteiger partial charge in [-0.1, -0.05) is 6.92 Å². The second kappa shape index (κ2) is 4.10. The minimum Gasteiger partial charge on any atom is -0.383 e. The summed E-state index contributed by atoms with van der Waals surface area (Å²) < 4.78 is 5.00. The van der Waals surface area contributed by atoms with E-state index in [1.165, 1.54) is 7.11 Å². The van der Waals surface area contributed by atoms with Crippen LogP contribution in [0.5, 0.6) is 0 Å². The van der Waals surface area contributed by atoms with Gasteiger partial charge in [0.05, 0.1) is 12.6 Å². The Morgan fingerprint density at radius 3 is 2.53 bits per heavy atom. The molecular formula is C11H16N2O4. The molecule has 1 N–H and O–H groups in total. The third-order valence-corrected chi connectivity index (χ3v) is 3.45. The summed E-state index contributed by atoms with van der Waals surface area (Å²) in [7, 11) is 1.52. The van der Waals surface area contributed by atoms with Crippen molar-refractivity contribution in [1.82, 2.24) is 10.2 Å². The van der Waals surface area contributed by atoms with Gasteiger partial charge in [-0.2, -0.15) is 0 Å². The first kappa shape index (κ1) is 12.0. The van der Waals surface area contributed by atoms with Gasteiger partial charge in [0, 0.05) is 7.11 Å². The van der Waals surface area contributed by atoms with E-state index in [2.05, 4.69) is 5.32 Å². The number of nitrogens with one attached hydrogen (secondary N) is 1. The van der Waals surface area contributed by atoms with E-state index in [9.17, 15) is 14.4 Å². The topological polar surface area (TPSA) is 75.7 Å². The van der Waals surface area contributed by atoms with Crippen LogP contribution in [-0.4, -0.2) is 42.5 Å². The van der Waals surface area contributed by atoms with Gasteiger partial charge in [-0.05, 0) is 19.3 Å². The summed E-state index contributed by atoms with van der Waals surface area (Å²) in [5.74, 6) is -0.814. The maximum atomic E-state index is 12.2. The summed E-state index contributed by atoms with van der Waals surface area (Å²) in [6, 6.07) is -0.931. The number of hydrogen-bond donors (Lipinski definition) is 1. The van der Waals surface area contributed by atoms with Crippen molar-refractivity contribution in [3.05, 3.63) is 0 Å². The van der Waals surface area contributed by atoms with E-state index in [1.54, 1.807) is 0 Å². The lowest BCUT2D eigenvalue weighted by Crippen LogP contribution is -2.62. The summed E-state index contributed by atoms with van der Waals surface area (Å²) in [4.78, 5) is 36.7. The Kier molecular flexibility index (Phi) is 2.91. The Hall–Kier alpha value is -1.43. The molecule has 1 saturated carbocycles. The third-order valence-electron chi connectivity index (χ3n) is 3.45. The normalized spacial score (nSPS) is 23.9.